The minimum Gasteiger partial charge on any atom is -0.464 e. The van der Waals surface area contributed by atoms with E-state index in [2.05, 4.69) is 8.92 Å². The number of hydrogen-bond acceptors (Lipinski definition) is 5. The Labute approximate surface area is 75.2 Å². The van der Waals surface area contributed by atoms with Gasteiger partial charge in [0.1, 0.15) is 0 Å². The summed E-state index contributed by atoms with van der Waals surface area (Å²) in [5, 5.41) is 0. The van der Waals surface area contributed by atoms with Gasteiger partial charge in [0.25, 0.3) is 0 Å². The Morgan fingerprint density at radius 3 is 2.42 bits per heavy atom. The fourth-order valence-corrected chi connectivity index (χ4v) is 1.22. The fourth-order valence-electron chi connectivity index (χ4n) is 0.471. The summed E-state index contributed by atoms with van der Waals surface area (Å²) >= 11 is 0. The van der Waals surface area contributed by atoms with Crippen molar-refractivity contribution >= 4 is 26.0 Å². The molecule has 0 aromatic heterocycles. The Kier molecular flexibility index (Phi) is 4.51. The average molecular weight is 217 g/mol. The number of carbonyl (C=O) groups is 1. The van der Waals surface area contributed by atoms with Crippen molar-refractivity contribution in [3.05, 3.63) is 0 Å². The molecule has 0 amide bonds. The molecule has 0 saturated carbocycles. The molecule has 72 valence electrons. The zero-order valence-electron chi connectivity index (χ0n) is 6.61. The Bertz CT molecular complexity index is 247. The van der Waals surface area contributed by atoms with E-state index in [1.807, 2.05) is 0 Å². The molecule has 0 spiro atoms. The van der Waals surface area contributed by atoms with Crippen molar-refractivity contribution in [2.75, 3.05) is 6.61 Å². The molecule has 0 saturated heterocycles. The minimum atomic E-state index is -4.12. The molecule has 0 fully saturated rings. The Hall–Kier alpha value is -0.330. The van der Waals surface area contributed by atoms with Gasteiger partial charge in [-0.15, -0.1) is 0 Å². The van der Waals surface area contributed by atoms with Crippen LogP contribution in [0.5, 0.6) is 0 Å². The maximum Gasteiger partial charge on any atom is 0.356 e. The summed E-state index contributed by atoms with van der Waals surface area (Å²) in [7, 11) is 0.599. The second-order valence-electron chi connectivity index (χ2n) is 1.88. The van der Waals surface area contributed by atoms with Crippen molar-refractivity contribution < 1.29 is 22.1 Å². The number of ether oxygens (including phenoxy) is 1. The molecule has 7 heteroatoms. The van der Waals surface area contributed by atoms with Crippen molar-refractivity contribution in [2.24, 2.45) is 0 Å². The van der Waals surface area contributed by atoms with Gasteiger partial charge in [-0.1, -0.05) is 0 Å². The molecule has 5 nitrogen and oxygen atoms in total. The van der Waals surface area contributed by atoms with E-state index < -0.39 is 21.4 Å². The Morgan fingerprint density at radius 2 is 2.08 bits per heavy atom. The van der Waals surface area contributed by atoms with Crippen LogP contribution in [0.25, 0.3) is 0 Å². The highest BCUT2D eigenvalue weighted by Gasteiger charge is 2.20. The van der Waals surface area contributed by atoms with Crippen LogP contribution in [0.3, 0.4) is 0 Å². The van der Waals surface area contributed by atoms with Gasteiger partial charge in [0.2, 0.25) is 0 Å². The molecular formula is C5H9ClO5S. The second kappa shape index (κ2) is 4.64. The molecule has 12 heavy (non-hydrogen) atoms. The van der Waals surface area contributed by atoms with Crippen LogP contribution in [0.15, 0.2) is 0 Å². The number of rotatable bonds is 4. The van der Waals surface area contributed by atoms with Gasteiger partial charge in [-0.2, -0.15) is 8.42 Å². The van der Waals surface area contributed by atoms with Crippen LogP contribution in [-0.4, -0.2) is 27.1 Å². The van der Waals surface area contributed by atoms with E-state index in [0.717, 1.165) is 0 Å². The molecule has 0 radical (unpaired) electrons. The lowest BCUT2D eigenvalue weighted by atomic mass is 10.4. The summed E-state index contributed by atoms with van der Waals surface area (Å²) in [6.45, 7) is 2.99. The monoisotopic (exact) mass is 216 g/mol. The number of hydrogen-bond donors (Lipinski definition) is 0. The lowest BCUT2D eigenvalue weighted by molar-refractivity contribution is -0.150. The van der Waals surface area contributed by atoms with Crippen molar-refractivity contribution in [1.29, 1.82) is 0 Å². The zero-order chi connectivity index (χ0) is 9.78. The summed E-state index contributed by atoms with van der Waals surface area (Å²) < 4.78 is 29.1. The fraction of sp³-hybridized carbons (Fsp3) is 0.800. The molecule has 0 N–H and O–H groups in total. The van der Waals surface area contributed by atoms with Gasteiger partial charge < -0.3 is 4.74 Å². The van der Waals surface area contributed by atoms with Gasteiger partial charge >= 0.3 is 15.3 Å². The van der Waals surface area contributed by atoms with E-state index in [9.17, 15) is 13.2 Å². The lowest BCUT2D eigenvalue weighted by Crippen LogP contribution is -2.24. The van der Waals surface area contributed by atoms with Crippen molar-refractivity contribution in [2.45, 2.75) is 20.0 Å². The van der Waals surface area contributed by atoms with Gasteiger partial charge in [-0.25, -0.2) is 8.98 Å². The molecule has 0 aliphatic rings. The molecule has 0 rings (SSSR count). The topological polar surface area (TPSA) is 69.7 Å². The third kappa shape index (κ3) is 5.34. The zero-order valence-corrected chi connectivity index (χ0v) is 8.18. The minimum absolute atomic E-state index is 0.162. The predicted octanol–water partition coefficient (Wildman–Crippen LogP) is 0.438. The van der Waals surface area contributed by atoms with Gasteiger partial charge in [-0.3, -0.25) is 0 Å². The van der Waals surface area contributed by atoms with E-state index in [-0.39, 0.29) is 6.61 Å². The van der Waals surface area contributed by atoms with Crippen molar-refractivity contribution in [3.63, 3.8) is 0 Å². The van der Waals surface area contributed by atoms with Crippen molar-refractivity contribution in [3.8, 4) is 0 Å². The Morgan fingerprint density at radius 1 is 1.58 bits per heavy atom. The molecule has 1 atom stereocenters. The van der Waals surface area contributed by atoms with E-state index in [0.29, 0.717) is 0 Å². The molecular weight excluding hydrogens is 208 g/mol. The normalized spacial score (nSPS) is 13.9. The van der Waals surface area contributed by atoms with Crippen LogP contribution >= 0.6 is 10.7 Å². The quantitative estimate of drug-likeness (QED) is 0.504. The highest BCUT2D eigenvalue weighted by molar-refractivity contribution is 8.10. The molecule has 0 heterocycles. The van der Waals surface area contributed by atoms with Gasteiger partial charge in [-0.05, 0) is 13.8 Å². The molecule has 0 aromatic rings. The summed E-state index contributed by atoms with van der Waals surface area (Å²) in [6, 6.07) is 0. The van der Waals surface area contributed by atoms with Crippen LogP contribution in [0.2, 0.25) is 0 Å². The summed E-state index contributed by atoms with van der Waals surface area (Å²) in [5.41, 5.74) is 0. The maximum absolute atomic E-state index is 10.8. The van der Waals surface area contributed by atoms with E-state index >= 15 is 0 Å². The maximum atomic E-state index is 10.8. The first-order chi connectivity index (χ1) is 5.37. The SMILES string of the molecule is CCOC(=O)[C@H](C)OS(=O)(=O)Cl. The molecule has 0 unspecified atom stereocenters. The second-order valence-corrected chi connectivity index (χ2v) is 4.00. The van der Waals surface area contributed by atoms with E-state index in [4.69, 9.17) is 10.7 Å². The standard InChI is InChI=1S/C5H9ClO5S/c1-3-10-5(7)4(2)11-12(6,8)9/h4H,3H2,1-2H3/t4-/m0/s1. The third-order valence-electron chi connectivity index (χ3n) is 0.878. The number of carbonyl (C=O) groups excluding carboxylic acids is 1. The van der Waals surface area contributed by atoms with E-state index in [1.54, 1.807) is 6.92 Å². The van der Waals surface area contributed by atoms with Gasteiger partial charge in [0.15, 0.2) is 6.10 Å². The highest BCUT2D eigenvalue weighted by atomic mass is 35.7. The number of esters is 1. The molecule has 0 aliphatic carbocycles. The summed E-state index contributed by atoms with van der Waals surface area (Å²) in [6.07, 6.45) is -1.20. The third-order valence-corrected chi connectivity index (χ3v) is 1.61. The smallest absolute Gasteiger partial charge is 0.356 e. The van der Waals surface area contributed by atoms with Crippen LogP contribution < -0.4 is 0 Å². The predicted molar refractivity (Wildman–Crippen MR) is 42.0 cm³/mol. The number of halogens is 1. The first-order valence-corrected chi connectivity index (χ1v) is 5.39. The molecule has 0 bridgehead atoms. The van der Waals surface area contributed by atoms with Gasteiger partial charge in [0.05, 0.1) is 6.61 Å². The highest BCUT2D eigenvalue weighted by Crippen LogP contribution is 2.05. The Balaban J connectivity index is 4.05. The average Bonchev–Trinajstić information content (AvgIpc) is 1.84. The summed E-state index contributed by atoms with van der Waals surface area (Å²) in [4.78, 5) is 10.8. The van der Waals surface area contributed by atoms with Crippen LogP contribution in [0.4, 0.5) is 0 Å². The first kappa shape index (κ1) is 11.7. The van der Waals surface area contributed by atoms with Crippen LogP contribution in [0.1, 0.15) is 13.8 Å². The van der Waals surface area contributed by atoms with Gasteiger partial charge in [0, 0.05) is 10.7 Å². The van der Waals surface area contributed by atoms with Crippen molar-refractivity contribution in [1.82, 2.24) is 0 Å². The van der Waals surface area contributed by atoms with Crippen LogP contribution in [0, 0.1) is 0 Å². The lowest BCUT2D eigenvalue weighted by Gasteiger charge is -2.07. The largest absolute Gasteiger partial charge is 0.464 e. The van der Waals surface area contributed by atoms with E-state index in [1.165, 1.54) is 6.92 Å². The summed E-state index contributed by atoms with van der Waals surface area (Å²) in [5.74, 6) is -0.762. The molecule has 0 aromatic carbocycles. The molecule has 0 aliphatic heterocycles. The first-order valence-electron chi connectivity index (χ1n) is 3.16. The van der Waals surface area contributed by atoms with Crippen LogP contribution in [-0.2, 0) is 23.0 Å².